The monoisotopic (exact) mass is 471 g/mol. The highest BCUT2D eigenvalue weighted by atomic mass is 35.5. The molecular formula is C24H29ClF3NO3. The maximum atomic E-state index is 12.8. The molecule has 0 unspecified atom stereocenters. The molecule has 1 N–H and O–H groups in total. The van der Waals surface area contributed by atoms with Gasteiger partial charge in [-0.3, -0.25) is 0 Å². The Hall–Kier alpha value is -1.96. The van der Waals surface area contributed by atoms with E-state index in [1.165, 1.54) is 12.1 Å². The average Bonchev–Trinajstić information content (AvgIpc) is 3.12. The summed E-state index contributed by atoms with van der Waals surface area (Å²) in [6.07, 6.45) is -2.25. The molecule has 2 aromatic rings. The largest absolute Gasteiger partial charge is 0.573 e. The molecule has 0 radical (unpaired) electrons. The molecule has 0 bridgehead atoms. The number of nitrogens with one attached hydrogen (secondary N) is 1. The van der Waals surface area contributed by atoms with Crippen LogP contribution in [0.4, 0.5) is 13.2 Å². The third-order valence-corrected chi connectivity index (χ3v) is 5.97. The van der Waals surface area contributed by atoms with Crippen molar-refractivity contribution in [3.05, 3.63) is 59.7 Å². The summed E-state index contributed by atoms with van der Waals surface area (Å²) in [5, 5.41) is 3.60. The van der Waals surface area contributed by atoms with Crippen LogP contribution in [0.3, 0.4) is 0 Å². The smallest absolute Gasteiger partial charge is 0.491 e. The molecule has 0 aromatic heterocycles. The number of hydrogen-bond acceptors (Lipinski definition) is 4. The minimum absolute atomic E-state index is 0. The van der Waals surface area contributed by atoms with E-state index >= 15 is 0 Å². The lowest BCUT2D eigenvalue weighted by atomic mass is 9.77. The van der Waals surface area contributed by atoms with Gasteiger partial charge in [0.1, 0.15) is 11.5 Å². The van der Waals surface area contributed by atoms with Gasteiger partial charge in [-0.25, -0.2) is 0 Å². The first-order chi connectivity index (χ1) is 14.8. The van der Waals surface area contributed by atoms with Gasteiger partial charge in [0.2, 0.25) is 0 Å². The highest BCUT2D eigenvalue weighted by Crippen LogP contribution is 2.50. The van der Waals surface area contributed by atoms with Crippen LogP contribution in [0, 0.1) is 0 Å². The molecule has 32 heavy (non-hydrogen) atoms. The van der Waals surface area contributed by atoms with Crippen molar-refractivity contribution in [2.24, 2.45) is 0 Å². The first-order valence-corrected chi connectivity index (χ1v) is 10.7. The van der Waals surface area contributed by atoms with E-state index in [4.69, 9.17) is 9.47 Å². The van der Waals surface area contributed by atoms with Crippen molar-refractivity contribution in [1.29, 1.82) is 0 Å². The van der Waals surface area contributed by atoms with E-state index in [2.05, 4.69) is 22.2 Å². The number of ether oxygens (including phenoxy) is 3. The second-order valence-corrected chi connectivity index (χ2v) is 8.59. The van der Waals surface area contributed by atoms with Crippen LogP contribution >= 0.6 is 12.4 Å². The standard InChI is InChI=1S/C24H28F3NO3.ClH/c1-16(2)30-21-10-9-19(31-24(25,26)27)13-20(21)18-14-23(29-15-18)11-6-12-28-22(23)17-7-4-3-5-8-17;/h3-5,7-10,13,16,18,22,28H,6,11-12,14-15H2,1-2H3;1H/t18-,22-,23+;/m0./s1. The molecule has 0 saturated carbocycles. The number of piperidine rings is 1. The predicted molar refractivity (Wildman–Crippen MR) is 119 cm³/mol. The summed E-state index contributed by atoms with van der Waals surface area (Å²) in [6, 6.07) is 14.5. The van der Waals surface area contributed by atoms with Gasteiger partial charge in [0.05, 0.1) is 24.4 Å². The van der Waals surface area contributed by atoms with Crippen LogP contribution in [0.5, 0.6) is 11.5 Å². The fourth-order valence-electron chi connectivity index (χ4n) is 4.81. The van der Waals surface area contributed by atoms with Crippen LogP contribution in [0.25, 0.3) is 0 Å². The highest BCUT2D eigenvalue weighted by molar-refractivity contribution is 5.85. The summed E-state index contributed by atoms with van der Waals surface area (Å²) >= 11 is 0. The lowest BCUT2D eigenvalue weighted by Crippen LogP contribution is -2.48. The number of benzene rings is 2. The summed E-state index contributed by atoms with van der Waals surface area (Å²) in [5.74, 6) is 0.257. The minimum atomic E-state index is -4.74. The molecule has 1 spiro atoms. The minimum Gasteiger partial charge on any atom is -0.491 e. The third-order valence-electron chi connectivity index (χ3n) is 5.97. The predicted octanol–water partition coefficient (Wildman–Crippen LogP) is 6.16. The maximum Gasteiger partial charge on any atom is 0.573 e. The molecule has 2 aliphatic rings. The summed E-state index contributed by atoms with van der Waals surface area (Å²) in [4.78, 5) is 0. The Balaban J connectivity index is 0.00000289. The third kappa shape index (κ3) is 5.50. The van der Waals surface area contributed by atoms with E-state index in [-0.39, 0.29) is 36.2 Å². The van der Waals surface area contributed by atoms with Crippen LogP contribution < -0.4 is 14.8 Å². The summed E-state index contributed by atoms with van der Waals surface area (Å²) in [7, 11) is 0. The van der Waals surface area contributed by atoms with Gasteiger partial charge >= 0.3 is 6.36 Å². The fraction of sp³-hybridized carbons (Fsp3) is 0.500. The molecule has 2 heterocycles. The average molecular weight is 472 g/mol. The van der Waals surface area contributed by atoms with Crippen LogP contribution in [0.15, 0.2) is 48.5 Å². The second kappa shape index (κ2) is 9.89. The summed E-state index contributed by atoms with van der Waals surface area (Å²) < 4.78 is 54.9. The van der Waals surface area contributed by atoms with Gasteiger partial charge in [0, 0.05) is 11.5 Å². The van der Waals surface area contributed by atoms with Gasteiger partial charge in [0.15, 0.2) is 0 Å². The molecular weight excluding hydrogens is 443 g/mol. The van der Waals surface area contributed by atoms with Crippen LogP contribution in [0.2, 0.25) is 0 Å². The van der Waals surface area contributed by atoms with E-state index in [1.807, 2.05) is 32.0 Å². The molecule has 8 heteroatoms. The van der Waals surface area contributed by atoms with Gasteiger partial charge in [-0.2, -0.15) is 0 Å². The normalized spacial score (nSPS) is 25.6. The van der Waals surface area contributed by atoms with E-state index < -0.39 is 12.0 Å². The van der Waals surface area contributed by atoms with Gasteiger partial charge in [-0.15, -0.1) is 25.6 Å². The molecule has 0 amide bonds. The summed E-state index contributed by atoms with van der Waals surface area (Å²) in [5.41, 5.74) is 1.46. The van der Waals surface area contributed by atoms with Crippen molar-refractivity contribution < 1.29 is 27.4 Å². The molecule has 2 aromatic carbocycles. The molecule has 3 atom stereocenters. The van der Waals surface area contributed by atoms with Crippen molar-refractivity contribution in [3.63, 3.8) is 0 Å². The van der Waals surface area contributed by atoms with Gasteiger partial charge in [-0.05, 0) is 63.4 Å². The molecule has 0 aliphatic carbocycles. The first-order valence-electron chi connectivity index (χ1n) is 10.7. The zero-order chi connectivity index (χ0) is 22.1. The Labute approximate surface area is 192 Å². The van der Waals surface area contributed by atoms with E-state index in [0.717, 1.165) is 24.9 Å². The Morgan fingerprint density at radius 1 is 1.12 bits per heavy atom. The van der Waals surface area contributed by atoms with Crippen LogP contribution in [0.1, 0.15) is 56.2 Å². The molecule has 176 valence electrons. The molecule has 2 aliphatic heterocycles. The van der Waals surface area contributed by atoms with E-state index in [9.17, 15) is 13.2 Å². The lowest BCUT2D eigenvalue weighted by molar-refractivity contribution is -0.274. The van der Waals surface area contributed by atoms with Crippen molar-refractivity contribution in [2.75, 3.05) is 13.2 Å². The number of hydrogen-bond donors (Lipinski definition) is 1. The van der Waals surface area contributed by atoms with Crippen molar-refractivity contribution in [3.8, 4) is 11.5 Å². The highest BCUT2D eigenvalue weighted by Gasteiger charge is 2.49. The topological polar surface area (TPSA) is 39.7 Å². The van der Waals surface area contributed by atoms with Crippen molar-refractivity contribution in [1.82, 2.24) is 5.32 Å². The molecule has 2 saturated heterocycles. The van der Waals surface area contributed by atoms with E-state index in [0.29, 0.717) is 24.3 Å². The Morgan fingerprint density at radius 2 is 1.88 bits per heavy atom. The van der Waals surface area contributed by atoms with Crippen molar-refractivity contribution in [2.45, 2.75) is 63.1 Å². The summed E-state index contributed by atoms with van der Waals surface area (Å²) in [6.45, 7) is 5.13. The Kier molecular flexibility index (Phi) is 7.63. The number of rotatable bonds is 5. The molecule has 4 nitrogen and oxygen atoms in total. The molecule has 2 fully saturated rings. The van der Waals surface area contributed by atoms with Crippen LogP contribution in [-0.2, 0) is 4.74 Å². The maximum absolute atomic E-state index is 12.8. The molecule has 4 rings (SSSR count). The fourth-order valence-corrected chi connectivity index (χ4v) is 4.81. The van der Waals surface area contributed by atoms with Crippen LogP contribution in [-0.4, -0.2) is 31.2 Å². The first kappa shape index (κ1) is 24.7. The number of alkyl halides is 3. The zero-order valence-electron chi connectivity index (χ0n) is 18.2. The van der Waals surface area contributed by atoms with Crippen molar-refractivity contribution >= 4 is 12.4 Å². The van der Waals surface area contributed by atoms with E-state index in [1.54, 1.807) is 6.07 Å². The lowest BCUT2D eigenvalue weighted by Gasteiger charge is -2.41. The second-order valence-electron chi connectivity index (χ2n) is 8.59. The van der Waals surface area contributed by atoms with Gasteiger partial charge < -0.3 is 19.5 Å². The van der Waals surface area contributed by atoms with Gasteiger partial charge in [-0.1, -0.05) is 30.3 Å². The zero-order valence-corrected chi connectivity index (χ0v) is 19.0. The SMILES string of the molecule is CC(C)Oc1ccc(OC(F)(F)F)cc1[C@@H]1CO[C@]2(CCCN[C@H]2c2ccccc2)C1.Cl. The van der Waals surface area contributed by atoms with Gasteiger partial charge in [0.25, 0.3) is 0 Å². The Morgan fingerprint density at radius 3 is 2.56 bits per heavy atom. The Bertz CT molecular complexity index is 894. The quantitative estimate of drug-likeness (QED) is 0.566. The number of halogens is 4.